The number of likely N-dealkylation sites (tertiary alicyclic amines) is 2. The van der Waals surface area contributed by atoms with Gasteiger partial charge in [0.1, 0.15) is 11.5 Å². The molecule has 2 saturated heterocycles. The summed E-state index contributed by atoms with van der Waals surface area (Å²) < 4.78 is 23.4. The van der Waals surface area contributed by atoms with Gasteiger partial charge in [-0.15, -0.1) is 0 Å². The molecule has 0 radical (unpaired) electrons. The molecule has 2 unspecified atom stereocenters. The summed E-state index contributed by atoms with van der Waals surface area (Å²) in [5.74, 6) is 1.50. The number of hydrogen-bond donors (Lipinski definition) is 0. The molecule has 216 valence electrons. The van der Waals surface area contributed by atoms with Crippen LogP contribution in [-0.2, 0) is 33.3 Å². The maximum Gasteiger partial charge on any atom is 0.259 e. The maximum atomic E-state index is 14.1. The number of methoxy groups -OCH3 is 2. The van der Waals surface area contributed by atoms with E-state index in [0.29, 0.717) is 26.1 Å². The van der Waals surface area contributed by atoms with Gasteiger partial charge in [-0.3, -0.25) is 14.4 Å². The molecule has 0 spiro atoms. The Morgan fingerprint density at radius 1 is 0.750 bits per heavy atom. The van der Waals surface area contributed by atoms with Crippen LogP contribution in [0.1, 0.15) is 52.4 Å². The lowest BCUT2D eigenvalue weighted by Crippen LogP contribution is -2.72. The smallest absolute Gasteiger partial charge is 0.259 e. The number of fused-ring (bicyclic) bond motifs is 2. The van der Waals surface area contributed by atoms with E-state index in [2.05, 4.69) is 0 Å². The van der Waals surface area contributed by atoms with Crippen LogP contribution in [0.2, 0.25) is 0 Å². The third-order valence-corrected chi connectivity index (χ3v) is 9.70. The predicted octanol–water partition coefficient (Wildman–Crippen LogP) is 3.07. The van der Waals surface area contributed by atoms with Crippen LogP contribution >= 0.6 is 0 Å². The molecule has 6 aliphatic rings. The lowest BCUT2D eigenvalue weighted by atomic mass is 9.63. The minimum atomic E-state index is -1.13. The molecule has 0 aromatic heterocycles. The second-order valence-corrected chi connectivity index (χ2v) is 12.8. The highest BCUT2D eigenvalue weighted by atomic mass is 16.5. The molecular formula is C31H40N2O7. The van der Waals surface area contributed by atoms with E-state index >= 15 is 0 Å². The summed E-state index contributed by atoms with van der Waals surface area (Å²) in [5, 5.41) is 0. The van der Waals surface area contributed by atoms with Gasteiger partial charge in [-0.25, -0.2) is 0 Å². The van der Waals surface area contributed by atoms with Crippen molar-refractivity contribution >= 4 is 17.6 Å². The molecule has 2 atom stereocenters. The molecule has 2 fully saturated rings. The summed E-state index contributed by atoms with van der Waals surface area (Å²) in [6.45, 7) is 6.03. The van der Waals surface area contributed by atoms with Crippen molar-refractivity contribution < 1.29 is 33.3 Å². The molecule has 0 saturated carbocycles. The van der Waals surface area contributed by atoms with Crippen molar-refractivity contribution in [2.24, 2.45) is 10.8 Å². The van der Waals surface area contributed by atoms with E-state index in [1.54, 1.807) is 24.0 Å². The van der Waals surface area contributed by atoms with Crippen molar-refractivity contribution in [3.63, 3.8) is 0 Å². The summed E-state index contributed by atoms with van der Waals surface area (Å²) in [6.07, 6.45) is 11.8. The van der Waals surface area contributed by atoms with Crippen LogP contribution < -0.4 is 0 Å². The molecule has 2 amide bonds. The van der Waals surface area contributed by atoms with Gasteiger partial charge in [-0.1, -0.05) is 0 Å². The molecular weight excluding hydrogens is 512 g/mol. The first-order chi connectivity index (χ1) is 19.1. The number of carbonyl (C=O) groups is 3. The number of Topliss-reactive ketones (excluding diaryl/α,β-unsaturated/α-hetero) is 1. The topological polar surface area (TPSA) is 94.6 Å². The molecule has 0 N–H and O–H groups in total. The van der Waals surface area contributed by atoms with E-state index in [1.165, 1.54) is 0 Å². The van der Waals surface area contributed by atoms with Crippen LogP contribution in [0.25, 0.3) is 0 Å². The van der Waals surface area contributed by atoms with E-state index in [4.69, 9.17) is 18.9 Å². The highest BCUT2D eigenvalue weighted by Gasteiger charge is 2.60. The Bertz CT molecular complexity index is 1160. The molecule has 4 heterocycles. The fraction of sp³-hybridized carbons (Fsp3) is 0.645. The normalized spacial score (nSPS) is 37.0. The van der Waals surface area contributed by atoms with Crippen LogP contribution in [0, 0.1) is 10.8 Å². The minimum absolute atomic E-state index is 0.0979. The monoisotopic (exact) mass is 552 g/mol. The maximum absolute atomic E-state index is 14.1. The first kappa shape index (κ1) is 27.3. The Morgan fingerprint density at radius 2 is 1.15 bits per heavy atom. The Hall–Kier alpha value is -2.91. The predicted molar refractivity (Wildman–Crippen MR) is 146 cm³/mol. The number of ketones is 1. The van der Waals surface area contributed by atoms with Gasteiger partial charge < -0.3 is 28.7 Å². The lowest BCUT2D eigenvalue weighted by Gasteiger charge is -2.56. The average Bonchev–Trinajstić information content (AvgIpc) is 2.97. The SMILES string of the molecule is COC1(C(=O)N2CC3(C)CN(C(=O)C4(OC)C=CC5=C(CCCO5)C4)CC(C)(C2)C3=O)C=CC2=C(CCCO2)C1. The number of carbonyl (C=O) groups excluding carboxylic acids is 3. The highest BCUT2D eigenvalue weighted by molar-refractivity contribution is 5.98. The third-order valence-electron chi connectivity index (χ3n) is 9.70. The van der Waals surface area contributed by atoms with E-state index in [1.807, 2.05) is 38.2 Å². The van der Waals surface area contributed by atoms with Gasteiger partial charge in [0.15, 0.2) is 17.0 Å². The highest BCUT2D eigenvalue weighted by Crippen LogP contribution is 2.46. The van der Waals surface area contributed by atoms with Gasteiger partial charge in [-0.05, 0) is 75.0 Å². The number of nitrogens with zero attached hydrogens (tertiary/aromatic N) is 2. The Kier molecular flexibility index (Phi) is 6.53. The van der Waals surface area contributed by atoms with Crippen LogP contribution in [-0.4, -0.2) is 92.2 Å². The van der Waals surface area contributed by atoms with Gasteiger partial charge in [0.2, 0.25) is 0 Å². The molecule has 6 rings (SSSR count). The zero-order valence-electron chi connectivity index (χ0n) is 24.0. The number of amides is 2. The summed E-state index contributed by atoms with van der Waals surface area (Å²) in [7, 11) is 3.13. The minimum Gasteiger partial charge on any atom is -0.494 e. The van der Waals surface area contributed by atoms with Crippen molar-refractivity contribution in [2.75, 3.05) is 53.6 Å². The number of piperidine rings is 2. The summed E-state index contributed by atoms with van der Waals surface area (Å²) in [6, 6.07) is 0. The molecule has 0 aromatic rings. The van der Waals surface area contributed by atoms with Gasteiger partial charge in [-0.2, -0.15) is 0 Å². The fourth-order valence-corrected chi connectivity index (χ4v) is 7.73. The second-order valence-electron chi connectivity index (χ2n) is 12.8. The molecule has 9 heteroatoms. The van der Waals surface area contributed by atoms with Crippen molar-refractivity contribution in [1.29, 1.82) is 0 Å². The third kappa shape index (κ3) is 4.15. The molecule has 2 aliphatic carbocycles. The van der Waals surface area contributed by atoms with Crippen molar-refractivity contribution in [2.45, 2.75) is 63.6 Å². The molecule has 9 nitrogen and oxygen atoms in total. The first-order valence-electron chi connectivity index (χ1n) is 14.4. The zero-order valence-corrected chi connectivity index (χ0v) is 24.0. The van der Waals surface area contributed by atoms with Crippen molar-refractivity contribution in [3.05, 3.63) is 47.0 Å². The van der Waals surface area contributed by atoms with Crippen LogP contribution in [0.5, 0.6) is 0 Å². The van der Waals surface area contributed by atoms with E-state index < -0.39 is 22.0 Å². The molecule has 4 aliphatic heterocycles. The summed E-state index contributed by atoms with van der Waals surface area (Å²) >= 11 is 0. The Morgan fingerprint density at radius 3 is 1.52 bits per heavy atom. The zero-order chi connectivity index (χ0) is 28.3. The van der Waals surface area contributed by atoms with Crippen molar-refractivity contribution in [3.8, 4) is 0 Å². The Labute approximate surface area is 235 Å². The first-order valence-corrected chi connectivity index (χ1v) is 14.4. The fourth-order valence-electron chi connectivity index (χ4n) is 7.73. The number of ether oxygens (including phenoxy) is 4. The molecule has 0 aromatic carbocycles. The van der Waals surface area contributed by atoms with E-state index in [9.17, 15) is 14.4 Å². The van der Waals surface area contributed by atoms with Crippen LogP contribution in [0.3, 0.4) is 0 Å². The van der Waals surface area contributed by atoms with Gasteiger partial charge >= 0.3 is 0 Å². The van der Waals surface area contributed by atoms with E-state index in [-0.39, 0.29) is 43.8 Å². The van der Waals surface area contributed by atoms with Crippen LogP contribution in [0.15, 0.2) is 47.0 Å². The van der Waals surface area contributed by atoms with Crippen LogP contribution in [0.4, 0.5) is 0 Å². The average molecular weight is 553 g/mol. The standard InChI is InChI=1S/C31H40N2O7/c1-28-17-32(26(35)30(37-3)11-9-23-21(15-30)7-5-13-39-23)19-29(2,25(28)34)20-33(18-28)27(36)31(38-4)12-10-24-22(16-31)8-6-14-40-24/h9-12H,5-8,13-20H2,1-4H3. The Balaban J connectivity index is 1.24. The number of rotatable bonds is 4. The quantitative estimate of drug-likeness (QED) is 0.529. The lowest BCUT2D eigenvalue weighted by molar-refractivity contribution is -0.176. The number of hydrogen-bond acceptors (Lipinski definition) is 7. The van der Waals surface area contributed by atoms with Gasteiger partial charge in [0.25, 0.3) is 11.8 Å². The summed E-state index contributed by atoms with van der Waals surface area (Å²) in [4.78, 5) is 45.7. The van der Waals surface area contributed by atoms with Crippen molar-refractivity contribution in [1.82, 2.24) is 9.80 Å². The second kappa shape index (κ2) is 9.58. The largest absolute Gasteiger partial charge is 0.494 e. The molecule has 2 bridgehead atoms. The van der Waals surface area contributed by atoms with Gasteiger partial charge in [0, 0.05) is 53.2 Å². The summed E-state index contributed by atoms with van der Waals surface area (Å²) in [5.41, 5.74) is -1.88. The molecule has 40 heavy (non-hydrogen) atoms. The number of allylic oxidation sites excluding steroid dienone is 2. The van der Waals surface area contributed by atoms with E-state index in [0.717, 1.165) is 48.3 Å². The van der Waals surface area contributed by atoms with Gasteiger partial charge in [0.05, 0.1) is 24.0 Å².